The van der Waals surface area contributed by atoms with Crippen molar-refractivity contribution in [2.75, 3.05) is 20.1 Å². The lowest BCUT2D eigenvalue weighted by Gasteiger charge is -2.25. The minimum absolute atomic E-state index is 0.171. The molecule has 0 radical (unpaired) electrons. The summed E-state index contributed by atoms with van der Waals surface area (Å²) in [6, 6.07) is 7.45. The first-order valence-electron chi connectivity index (χ1n) is 6.47. The predicted octanol–water partition coefficient (Wildman–Crippen LogP) is 3.11. The molecule has 0 unspecified atom stereocenters. The monoisotopic (exact) mass is 327 g/mol. The van der Waals surface area contributed by atoms with Crippen molar-refractivity contribution < 1.29 is 9.90 Å². The van der Waals surface area contributed by atoms with E-state index in [-0.39, 0.29) is 5.78 Å². The van der Waals surface area contributed by atoms with Gasteiger partial charge in [-0.1, -0.05) is 28.1 Å². The Morgan fingerprint density at radius 3 is 2.42 bits per heavy atom. The Kier molecular flexibility index (Phi) is 6.17. The van der Waals surface area contributed by atoms with Crippen LogP contribution in [-0.4, -0.2) is 41.5 Å². The van der Waals surface area contributed by atoms with E-state index in [0.29, 0.717) is 13.0 Å². The van der Waals surface area contributed by atoms with Gasteiger partial charge in [0.15, 0.2) is 5.78 Å². The second kappa shape index (κ2) is 7.17. The van der Waals surface area contributed by atoms with E-state index in [1.54, 1.807) is 13.8 Å². The molecule has 0 fully saturated rings. The molecule has 0 bridgehead atoms. The van der Waals surface area contributed by atoms with Crippen LogP contribution in [0.2, 0.25) is 0 Å². The van der Waals surface area contributed by atoms with Gasteiger partial charge < -0.3 is 10.0 Å². The minimum Gasteiger partial charge on any atom is -0.389 e. The van der Waals surface area contributed by atoms with Crippen LogP contribution in [-0.2, 0) is 0 Å². The zero-order valence-corrected chi connectivity index (χ0v) is 13.4. The topological polar surface area (TPSA) is 40.5 Å². The minimum atomic E-state index is -0.690. The summed E-state index contributed by atoms with van der Waals surface area (Å²) in [6.07, 6.45) is 1.35. The molecule has 0 saturated heterocycles. The van der Waals surface area contributed by atoms with E-state index in [1.807, 2.05) is 31.3 Å². The molecule has 3 nitrogen and oxygen atoms in total. The number of Topliss-reactive ketones (excluding diaryl/α,β-unsaturated/α-hetero) is 1. The van der Waals surface area contributed by atoms with Crippen molar-refractivity contribution in [2.45, 2.75) is 32.3 Å². The maximum atomic E-state index is 11.9. The number of carbonyl (C=O) groups is 1. The largest absolute Gasteiger partial charge is 0.389 e. The molecule has 0 atom stereocenters. The Balaban J connectivity index is 2.33. The molecule has 0 aliphatic heterocycles. The molecule has 1 aromatic carbocycles. The number of halogens is 1. The van der Waals surface area contributed by atoms with Crippen molar-refractivity contribution in [1.29, 1.82) is 0 Å². The van der Waals surface area contributed by atoms with E-state index < -0.39 is 5.60 Å². The highest BCUT2D eigenvalue weighted by molar-refractivity contribution is 9.10. The van der Waals surface area contributed by atoms with Gasteiger partial charge in [0.05, 0.1) is 5.60 Å². The quantitative estimate of drug-likeness (QED) is 0.782. The first-order valence-corrected chi connectivity index (χ1v) is 7.27. The van der Waals surface area contributed by atoms with Gasteiger partial charge in [0.25, 0.3) is 0 Å². The maximum absolute atomic E-state index is 11.9. The lowest BCUT2D eigenvalue weighted by Crippen LogP contribution is -2.36. The first kappa shape index (κ1) is 16.3. The highest BCUT2D eigenvalue weighted by Crippen LogP contribution is 2.13. The van der Waals surface area contributed by atoms with E-state index in [4.69, 9.17) is 0 Å². The highest BCUT2D eigenvalue weighted by atomic mass is 79.9. The third-order valence-corrected chi connectivity index (χ3v) is 3.30. The van der Waals surface area contributed by atoms with E-state index in [1.165, 1.54) is 0 Å². The van der Waals surface area contributed by atoms with E-state index in [2.05, 4.69) is 20.8 Å². The van der Waals surface area contributed by atoms with Crippen LogP contribution in [0.5, 0.6) is 0 Å². The maximum Gasteiger partial charge on any atom is 0.162 e. The number of aliphatic hydroxyl groups is 1. The lowest BCUT2D eigenvalue weighted by molar-refractivity contribution is 0.0442. The molecule has 1 N–H and O–H groups in total. The third-order valence-electron chi connectivity index (χ3n) is 2.77. The van der Waals surface area contributed by atoms with Crippen LogP contribution in [0.25, 0.3) is 0 Å². The molecule has 0 aromatic heterocycles. The van der Waals surface area contributed by atoms with Gasteiger partial charge in [0, 0.05) is 23.0 Å². The third kappa shape index (κ3) is 6.85. The molecule has 0 spiro atoms. The van der Waals surface area contributed by atoms with Gasteiger partial charge >= 0.3 is 0 Å². The number of rotatable bonds is 7. The van der Waals surface area contributed by atoms with Crippen molar-refractivity contribution in [2.24, 2.45) is 0 Å². The summed E-state index contributed by atoms with van der Waals surface area (Å²) in [5.41, 5.74) is 0.0677. The molecule has 0 aliphatic rings. The molecule has 0 saturated carbocycles. The zero-order valence-electron chi connectivity index (χ0n) is 11.8. The van der Waals surface area contributed by atoms with Gasteiger partial charge in [-0.25, -0.2) is 0 Å². The summed E-state index contributed by atoms with van der Waals surface area (Å²) in [6.45, 7) is 5.00. The van der Waals surface area contributed by atoms with Gasteiger partial charge in [-0.15, -0.1) is 0 Å². The van der Waals surface area contributed by atoms with Crippen molar-refractivity contribution >= 4 is 21.7 Å². The van der Waals surface area contributed by atoms with Crippen LogP contribution in [0.15, 0.2) is 28.7 Å². The first-order chi connectivity index (χ1) is 8.78. The molecule has 106 valence electrons. The van der Waals surface area contributed by atoms with E-state index in [0.717, 1.165) is 23.0 Å². The molecule has 0 heterocycles. The van der Waals surface area contributed by atoms with E-state index >= 15 is 0 Å². The van der Waals surface area contributed by atoms with Gasteiger partial charge in [-0.3, -0.25) is 4.79 Å². The van der Waals surface area contributed by atoms with Crippen molar-refractivity contribution in [1.82, 2.24) is 4.90 Å². The normalized spacial score (nSPS) is 11.9. The molecular formula is C15H22BrNO2. The molecule has 0 amide bonds. The number of ketones is 1. The predicted molar refractivity (Wildman–Crippen MR) is 81.5 cm³/mol. The molecule has 1 aromatic rings. The Morgan fingerprint density at radius 2 is 1.89 bits per heavy atom. The second-order valence-electron chi connectivity index (χ2n) is 5.58. The second-order valence-corrected chi connectivity index (χ2v) is 6.50. The van der Waals surface area contributed by atoms with Crippen molar-refractivity contribution in [3.05, 3.63) is 34.3 Å². The Hall–Kier alpha value is -0.710. The van der Waals surface area contributed by atoms with Gasteiger partial charge in [-0.05, 0) is 46.0 Å². The summed E-state index contributed by atoms with van der Waals surface area (Å²) in [5.74, 6) is 0.171. The average Bonchev–Trinajstić information content (AvgIpc) is 2.27. The smallest absolute Gasteiger partial charge is 0.162 e. The van der Waals surface area contributed by atoms with Crippen molar-refractivity contribution in [3.63, 3.8) is 0 Å². The zero-order chi connectivity index (χ0) is 14.5. The number of hydrogen-bond donors (Lipinski definition) is 1. The Bertz CT molecular complexity index is 409. The molecule has 19 heavy (non-hydrogen) atoms. The van der Waals surface area contributed by atoms with Gasteiger partial charge in [0.1, 0.15) is 0 Å². The summed E-state index contributed by atoms with van der Waals surface area (Å²) in [4.78, 5) is 14.0. The summed E-state index contributed by atoms with van der Waals surface area (Å²) < 4.78 is 0.981. The van der Waals surface area contributed by atoms with Gasteiger partial charge in [-0.2, -0.15) is 0 Å². The fraction of sp³-hybridized carbons (Fsp3) is 0.533. The van der Waals surface area contributed by atoms with Crippen LogP contribution >= 0.6 is 15.9 Å². The summed E-state index contributed by atoms with van der Waals surface area (Å²) in [5, 5.41) is 9.69. The van der Waals surface area contributed by atoms with Gasteiger partial charge in [0.2, 0.25) is 0 Å². The van der Waals surface area contributed by atoms with Crippen LogP contribution < -0.4 is 0 Å². The lowest BCUT2D eigenvalue weighted by atomic mass is 10.1. The number of likely N-dealkylation sites (N-methyl/N-ethyl adjacent to an activating group) is 1. The number of hydrogen-bond acceptors (Lipinski definition) is 3. The SMILES string of the molecule is CN(CCCC(=O)c1ccc(Br)cc1)CC(C)(C)O. The summed E-state index contributed by atoms with van der Waals surface area (Å²) in [7, 11) is 1.96. The molecule has 1 rings (SSSR count). The fourth-order valence-electron chi connectivity index (χ4n) is 2.03. The van der Waals surface area contributed by atoms with Crippen LogP contribution in [0, 0.1) is 0 Å². The van der Waals surface area contributed by atoms with E-state index in [9.17, 15) is 9.90 Å². The fourth-order valence-corrected chi connectivity index (χ4v) is 2.29. The number of carbonyl (C=O) groups excluding carboxylic acids is 1. The van der Waals surface area contributed by atoms with Crippen LogP contribution in [0.4, 0.5) is 0 Å². The highest BCUT2D eigenvalue weighted by Gasteiger charge is 2.15. The van der Waals surface area contributed by atoms with Crippen LogP contribution in [0.3, 0.4) is 0 Å². The Morgan fingerprint density at radius 1 is 1.32 bits per heavy atom. The molecular weight excluding hydrogens is 306 g/mol. The number of nitrogens with zero attached hydrogens (tertiary/aromatic N) is 1. The summed E-state index contributed by atoms with van der Waals surface area (Å²) >= 11 is 3.35. The standard InChI is InChI=1S/C15H22BrNO2/c1-15(2,19)11-17(3)10-4-5-14(18)12-6-8-13(16)9-7-12/h6-9,19H,4-5,10-11H2,1-3H3. The molecule has 0 aliphatic carbocycles. The molecule has 4 heteroatoms. The van der Waals surface area contributed by atoms with Crippen molar-refractivity contribution in [3.8, 4) is 0 Å². The van der Waals surface area contributed by atoms with Crippen LogP contribution in [0.1, 0.15) is 37.0 Å². The average molecular weight is 328 g/mol. The number of benzene rings is 1. The Labute approximate surface area is 123 Å².